The van der Waals surface area contributed by atoms with Gasteiger partial charge in [0.15, 0.2) is 0 Å². The van der Waals surface area contributed by atoms with Crippen LogP contribution in [0.25, 0.3) is 0 Å². The van der Waals surface area contributed by atoms with E-state index in [1.807, 2.05) is 0 Å². The van der Waals surface area contributed by atoms with Crippen molar-refractivity contribution in [2.75, 3.05) is 0 Å². The van der Waals surface area contributed by atoms with Crippen LogP contribution in [0.1, 0.15) is 0 Å². The Labute approximate surface area is 138 Å². The molecule has 0 bridgehead atoms. The highest BCUT2D eigenvalue weighted by molar-refractivity contribution is 7.85. The van der Waals surface area contributed by atoms with Crippen molar-refractivity contribution in [2.45, 2.75) is 0 Å². The third kappa shape index (κ3) is 4.46. The molecule has 0 atom stereocenters. The summed E-state index contributed by atoms with van der Waals surface area (Å²) in [6.45, 7) is 0. The Hall–Kier alpha value is -2.07. The molecule has 108 valence electrons. The van der Waals surface area contributed by atoms with Gasteiger partial charge in [-0.3, -0.25) is 0 Å². The number of hydrogen-bond donors (Lipinski definition) is 1. The minimum absolute atomic E-state index is 0.446. The summed E-state index contributed by atoms with van der Waals surface area (Å²) >= 11 is 3.09. The van der Waals surface area contributed by atoms with E-state index in [-0.39, 0.29) is 0 Å². The molecule has 0 saturated carbocycles. The molecule has 0 heterocycles. The number of benzene rings is 3. The minimum atomic E-state index is -0.446. The van der Waals surface area contributed by atoms with Crippen molar-refractivity contribution in [3.63, 3.8) is 0 Å². The molecule has 0 spiro atoms. The molecule has 0 N–H and O–H groups in total. The molecule has 3 rings (SSSR count). The van der Waals surface area contributed by atoms with E-state index in [4.69, 9.17) is 5.26 Å². The zero-order valence-electron chi connectivity index (χ0n) is 12.0. The first-order valence-electron chi connectivity index (χ1n) is 6.85. The molecule has 0 radical (unpaired) electrons. The second-order valence-corrected chi connectivity index (χ2v) is 6.86. The first-order valence-corrected chi connectivity index (χ1v) is 8.64. The fourth-order valence-corrected chi connectivity index (χ4v) is 4.48. The van der Waals surface area contributed by atoms with Crippen molar-refractivity contribution < 1.29 is 0 Å². The van der Waals surface area contributed by atoms with Crippen molar-refractivity contribution in [3.8, 4) is 5.40 Å². The van der Waals surface area contributed by atoms with Gasteiger partial charge in [-0.15, -0.1) is 0 Å². The predicted octanol–water partition coefficient (Wildman–Crippen LogP) is 3.84. The van der Waals surface area contributed by atoms with E-state index in [1.165, 1.54) is 21.3 Å². The largest absolute Gasteiger partial charge is 0.185 e. The number of nitrogens with zero attached hydrogens (tertiary/aromatic N) is 1. The number of thiol groups is 1. The summed E-state index contributed by atoms with van der Waals surface area (Å²) in [5.74, 6) is 0. The zero-order chi connectivity index (χ0) is 15.6. The van der Waals surface area contributed by atoms with Crippen LogP contribution in [-0.2, 0) is 0 Å². The zero-order valence-corrected chi connectivity index (χ0v) is 13.8. The molecular formula is C19H16NPS. The smallest absolute Gasteiger partial charge is 0.130 e. The van der Waals surface area contributed by atoms with Crippen LogP contribution in [0.4, 0.5) is 0 Å². The fraction of sp³-hybridized carbons (Fsp3) is 0. The first kappa shape index (κ1) is 16.3. The average molecular weight is 321 g/mol. The van der Waals surface area contributed by atoms with Crippen molar-refractivity contribution in [3.05, 3.63) is 91.0 Å². The SMILES string of the molecule is N#CS.c1ccc(P(c2ccccc2)c2ccccc2)cc1. The summed E-state index contributed by atoms with van der Waals surface area (Å²) in [5, 5.41) is 12.8. The van der Waals surface area contributed by atoms with Crippen LogP contribution in [0.5, 0.6) is 0 Å². The number of nitriles is 1. The van der Waals surface area contributed by atoms with Crippen molar-refractivity contribution in [2.24, 2.45) is 0 Å². The molecule has 0 aliphatic rings. The molecule has 0 fully saturated rings. The summed E-state index contributed by atoms with van der Waals surface area (Å²) in [4.78, 5) is 0. The van der Waals surface area contributed by atoms with E-state index >= 15 is 0 Å². The maximum absolute atomic E-state index is 7.18. The summed E-state index contributed by atoms with van der Waals surface area (Å²) in [7, 11) is -0.446. The second kappa shape index (κ2) is 9.05. The van der Waals surface area contributed by atoms with Crippen molar-refractivity contribution >= 4 is 36.5 Å². The van der Waals surface area contributed by atoms with Gasteiger partial charge in [0.2, 0.25) is 0 Å². The monoisotopic (exact) mass is 321 g/mol. The molecule has 22 heavy (non-hydrogen) atoms. The lowest BCUT2D eigenvalue weighted by atomic mass is 10.4. The second-order valence-electron chi connectivity index (χ2n) is 4.44. The summed E-state index contributed by atoms with van der Waals surface area (Å²) in [6, 6.07) is 32.3. The van der Waals surface area contributed by atoms with E-state index in [9.17, 15) is 0 Å². The van der Waals surface area contributed by atoms with E-state index in [2.05, 4.69) is 104 Å². The van der Waals surface area contributed by atoms with Gasteiger partial charge in [-0.2, -0.15) is 5.26 Å². The maximum atomic E-state index is 7.18. The topological polar surface area (TPSA) is 23.8 Å². The van der Waals surface area contributed by atoms with Crippen LogP contribution in [0.3, 0.4) is 0 Å². The Kier molecular flexibility index (Phi) is 6.71. The minimum Gasteiger partial charge on any atom is -0.185 e. The molecule has 0 saturated heterocycles. The molecule has 3 aromatic carbocycles. The molecular weight excluding hydrogens is 305 g/mol. The highest BCUT2D eigenvalue weighted by Crippen LogP contribution is 2.32. The Balaban J connectivity index is 0.000000545. The van der Waals surface area contributed by atoms with Crippen molar-refractivity contribution in [1.29, 1.82) is 5.26 Å². The standard InChI is InChI=1S/C18H15P.CHNS/c1-4-10-16(11-5-1)19(17-12-6-2-7-13-17)18-14-8-3-9-15-18;2-1-3/h1-15H;3H. The highest BCUT2D eigenvalue weighted by Gasteiger charge is 2.14. The lowest BCUT2D eigenvalue weighted by Crippen LogP contribution is -2.20. The van der Waals surface area contributed by atoms with Crippen LogP contribution in [0, 0.1) is 10.7 Å². The van der Waals surface area contributed by atoms with Gasteiger partial charge in [0.05, 0.1) is 0 Å². The Morgan fingerprint density at radius 2 is 0.818 bits per heavy atom. The summed E-state index contributed by atoms with van der Waals surface area (Å²) < 4.78 is 0. The molecule has 0 aliphatic carbocycles. The van der Waals surface area contributed by atoms with Gasteiger partial charge in [-0.1, -0.05) is 104 Å². The summed E-state index contributed by atoms with van der Waals surface area (Å²) in [5.41, 5.74) is 0. The van der Waals surface area contributed by atoms with Gasteiger partial charge in [0.1, 0.15) is 5.40 Å². The van der Waals surface area contributed by atoms with Gasteiger partial charge < -0.3 is 0 Å². The first-order chi connectivity index (χ1) is 10.9. The fourth-order valence-electron chi connectivity index (χ4n) is 2.18. The number of thiocyanates is 1. The van der Waals surface area contributed by atoms with E-state index in [0.29, 0.717) is 0 Å². The van der Waals surface area contributed by atoms with Gasteiger partial charge >= 0.3 is 0 Å². The predicted molar refractivity (Wildman–Crippen MR) is 99.7 cm³/mol. The van der Waals surface area contributed by atoms with Gasteiger partial charge in [-0.05, 0) is 23.8 Å². The van der Waals surface area contributed by atoms with Gasteiger partial charge in [0, 0.05) is 0 Å². The molecule has 3 aromatic rings. The molecule has 3 heteroatoms. The normalized spacial score (nSPS) is 9.50. The average Bonchev–Trinajstić information content (AvgIpc) is 2.59. The molecule has 0 amide bonds. The third-order valence-electron chi connectivity index (χ3n) is 3.04. The van der Waals surface area contributed by atoms with Gasteiger partial charge in [-0.25, -0.2) is 0 Å². The van der Waals surface area contributed by atoms with E-state index < -0.39 is 7.92 Å². The Morgan fingerprint density at radius 1 is 0.591 bits per heavy atom. The van der Waals surface area contributed by atoms with Crippen molar-refractivity contribution in [1.82, 2.24) is 0 Å². The van der Waals surface area contributed by atoms with Crippen LogP contribution in [-0.4, -0.2) is 0 Å². The molecule has 0 aliphatic heterocycles. The number of rotatable bonds is 3. The quantitative estimate of drug-likeness (QED) is 0.442. The lowest BCUT2D eigenvalue weighted by Gasteiger charge is -2.18. The third-order valence-corrected chi connectivity index (χ3v) is 5.49. The van der Waals surface area contributed by atoms with Crippen LogP contribution in [0.15, 0.2) is 91.0 Å². The maximum Gasteiger partial charge on any atom is 0.130 e. The van der Waals surface area contributed by atoms with Crippen LogP contribution < -0.4 is 15.9 Å². The molecule has 0 aromatic heterocycles. The Morgan fingerprint density at radius 3 is 1.05 bits per heavy atom. The van der Waals surface area contributed by atoms with E-state index in [0.717, 1.165) is 0 Å². The summed E-state index contributed by atoms with van der Waals surface area (Å²) in [6.07, 6.45) is 0. The van der Waals surface area contributed by atoms with Crippen LogP contribution >= 0.6 is 20.6 Å². The lowest BCUT2D eigenvalue weighted by molar-refractivity contribution is 1.57. The van der Waals surface area contributed by atoms with E-state index in [1.54, 1.807) is 0 Å². The highest BCUT2D eigenvalue weighted by atomic mass is 32.1. The molecule has 1 nitrogen and oxygen atoms in total. The van der Waals surface area contributed by atoms with Gasteiger partial charge in [0.25, 0.3) is 0 Å². The number of hydrogen-bond acceptors (Lipinski definition) is 2. The molecule has 0 unspecified atom stereocenters. The Bertz CT molecular complexity index is 615. The van der Waals surface area contributed by atoms with Crippen LogP contribution in [0.2, 0.25) is 0 Å².